The van der Waals surface area contributed by atoms with Gasteiger partial charge >= 0.3 is 5.97 Å². The molecule has 0 spiro atoms. The topological polar surface area (TPSA) is 110 Å². The molecule has 10 heteroatoms. The predicted molar refractivity (Wildman–Crippen MR) is 119 cm³/mol. The molecule has 1 fully saturated rings. The summed E-state index contributed by atoms with van der Waals surface area (Å²) in [7, 11) is -3.88. The van der Waals surface area contributed by atoms with Crippen LogP contribution in [0.25, 0.3) is 11.3 Å². The van der Waals surface area contributed by atoms with Crippen LogP contribution in [0.15, 0.2) is 57.3 Å². The highest BCUT2D eigenvalue weighted by molar-refractivity contribution is 7.89. The third kappa shape index (κ3) is 4.78. The lowest BCUT2D eigenvalue weighted by Gasteiger charge is -2.34. The zero-order chi connectivity index (χ0) is 22.6. The van der Waals surface area contributed by atoms with Gasteiger partial charge in [-0.2, -0.15) is 4.31 Å². The number of ether oxygens (including phenoxy) is 1. The van der Waals surface area contributed by atoms with E-state index < -0.39 is 16.0 Å². The number of hydrogen-bond donors (Lipinski definition) is 1. The first kappa shape index (κ1) is 22.7. The number of esters is 1. The number of hydrogen-bond acceptors (Lipinski definition) is 8. The summed E-state index contributed by atoms with van der Waals surface area (Å²) >= 11 is 1.03. The van der Waals surface area contributed by atoms with Crippen LogP contribution in [0, 0.1) is 0 Å². The van der Waals surface area contributed by atoms with E-state index in [0.29, 0.717) is 30.8 Å². The quantitative estimate of drug-likeness (QED) is 0.494. The van der Waals surface area contributed by atoms with Crippen LogP contribution in [-0.2, 0) is 21.4 Å². The maximum Gasteiger partial charge on any atom is 0.350 e. The zero-order valence-electron chi connectivity index (χ0n) is 17.3. The van der Waals surface area contributed by atoms with Gasteiger partial charge in [-0.25, -0.2) is 13.2 Å². The Balaban J connectivity index is 1.47. The molecule has 1 aromatic carbocycles. The summed E-state index contributed by atoms with van der Waals surface area (Å²) in [6, 6.07) is 12.3. The summed E-state index contributed by atoms with van der Waals surface area (Å²) in [6.07, 6.45) is 2.73. The van der Waals surface area contributed by atoms with Crippen molar-refractivity contribution in [2.45, 2.75) is 43.2 Å². The number of sulfonamides is 1. The number of aromatic nitrogens is 1. The molecule has 0 unspecified atom stereocenters. The van der Waals surface area contributed by atoms with Crippen molar-refractivity contribution in [3.05, 3.63) is 58.4 Å². The summed E-state index contributed by atoms with van der Waals surface area (Å²) in [4.78, 5) is 12.7. The van der Waals surface area contributed by atoms with Crippen LogP contribution < -0.4 is 0 Å². The van der Waals surface area contributed by atoms with Gasteiger partial charge in [0.05, 0.1) is 0 Å². The molecule has 32 heavy (non-hydrogen) atoms. The lowest BCUT2D eigenvalue weighted by atomic mass is 10.0. The Kier molecular flexibility index (Phi) is 7.04. The molecule has 0 aliphatic carbocycles. The lowest BCUT2D eigenvalue weighted by Crippen LogP contribution is -2.44. The number of carbonyl (C=O) groups is 1. The predicted octanol–water partition coefficient (Wildman–Crippen LogP) is 3.69. The molecular weight excluding hydrogens is 452 g/mol. The fraction of sp³-hybridized carbons (Fsp3) is 0.364. The van der Waals surface area contributed by atoms with Gasteiger partial charge in [0.1, 0.15) is 22.1 Å². The summed E-state index contributed by atoms with van der Waals surface area (Å²) < 4.78 is 38.7. The van der Waals surface area contributed by atoms with Gasteiger partial charge < -0.3 is 14.4 Å². The fourth-order valence-electron chi connectivity index (χ4n) is 3.83. The molecule has 1 saturated heterocycles. The van der Waals surface area contributed by atoms with E-state index in [2.05, 4.69) is 5.16 Å². The van der Waals surface area contributed by atoms with Crippen molar-refractivity contribution in [1.29, 1.82) is 0 Å². The number of piperidine rings is 1. The smallest absolute Gasteiger partial charge is 0.350 e. The number of rotatable bonds is 8. The average molecular weight is 477 g/mol. The second kappa shape index (κ2) is 9.95. The minimum atomic E-state index is -3.88. The third-order valence-corrected chi connectivity index (χ3v) is 8.42. The molecule has 170 valence electrons. The third-order valence-electron chi connectivity index (χ3n) is 5.40. The van der Waals surface area contributed by atoms with Crippen molar-refractivity contribution in [1.82, 2.24) is 9.46 Å². The van der Waals surface area contributed by atoms with Crippen LogP contribution in [0.5, 0.6) is 0 Å². The molecular formula is C22H24N2O6S2. The molecule has 0 radical (unpaired) electrons. The van der Waals surface area contributed by atoms with Crippen LogP contribution in [-0.4, -0.2) is 48.1 Å². The van der Waals surface area contributed by atoms with Gasteiger partial charge in [-0.3, -0.25) is 0 Å². The monoisotopic (exact) mass is 476 g/mol. The van der Waals surface area contributed by atoms with E-state index in [1.807, 2.05) is 30.3 Å². The fourth-order valence-corrected chi connectivity index (χ4v) is 6.84. The molecule has 3 aromatic rings. The van der Waals surface area contributed by atoms with Gasteiger partial charge in [-0.05, 0) is 30.7 Å². The van der Waals surface area contributed by atoms with Crippen LogP contribution in [0.4, 0.5) is 0 Å². The number of nitrogens with zero attached hydrogens (tertiary/aromatic N) is 2. The Morgan fingerprint density at radius 3 is 2.84 bits per heavy atom. The Morgan fingerprint density at radius 1 is 1.25 bits per heavy atom. The van der Waals surface area contributed by atoms with E-state index in [1.165, 1.54) is 10.4 Å². The van der Waals surface area contributed by atoms with Crippen LogP contribution in [0.2, 0.25) is 0 Å². The van der Waals surface area contributed by atoms with Crippen LogP contribution in [0.1, 0.15) is 41.0 Å². The van der Waals surface area contributed by atoms with Crippen molar-refractivity contribution < 1.29 is 27.6 Å². The lowest BCUT2D eigenvalue weighted by molar-refractivity contribution is 0.0465. The van der Waals surface area contributed by atoms with E-state index in [4.69, 9.17) is 9.26 Å². The van der Waals surface area contributed by atoms with E-state index >= 15 is 0 Å². The first-order chi connectivity index (χ1) is 15.5. The Bertz CT molecular complexity index is 1150. The normalized spacial score (nSPS) is 17.3. The maximum atomic E-state index is 13.3. The zero-order valence-corrected chi connectivity index (χ0v) is 19.0. The van der Waals surface area contributed by atoms with Crippen molar-refractivity contribution in [3.63, 3.8) is 0 Å². The SMILES string of the molecule is O=C(OCc1cc(-c2ccccc2)on1)c1sccc1S(=O)(=O)N1CCCC[C@@H]1CCO. The number of thiophene rings is 1. The van der Waals surface area contributed by atoms with E-state index in [0.717, 1.165) is 29.7 Å². The second-order valence-electron chi connectivity index (χ2n) is 7.52. The molecule has 8 nitrogen and oxygen atoms in total. The van der Waals surface area contributed by atoms with Gasteiger partial charge in [0.15, 0.2) is 5.76 Å². The van der Waals surface area contributed by atoms with Crippen molar-refractivity contribution in [2.24, 2.45) is 0 Å². The molecule has 0 bridgehead atoms. The second-order valence-corrected chi connectivity index (χ2v) is 10.3. The van der Waals surface area contributed by atoms with Crippen molar-refractivity contribution in [3.8, 4) is 11.3 Å². The van der Waals surface area contributed by atoms with Crippen molar-refractivity contribution in [2.75, 3.05) is 13.2 Å². The number of aliphatic hydroxyl groups is 1. The molecule has 1 aliphatic rings. The largest absolute Gasteiger partial charge is 0.455 e. The molecule has 0 amide bonds. The van der Waals surface area contributed by atoms with Crippen molar-refractivity contribution >= 4 is 27.3 Å². The first-order valence-electron chi connectivity index (χ1n) is 10.4. The standard InChI is InChI=1S/C22H24N2O6S2/c25-12-9-18-8-4-5-11-24(18)32(27,28)20-10-13-31-21(20)22(26)29-15-17-14-19(30-23-17)16-6-2-1-3-7-16/h1-3,6-7,10,13-14,18,25H,4-5,8-9,11-12,15H2/t18-/m1/s1. The van der Waals surface area contributed by atoms with E-state index in [1.54, 1.807) is 11.4 Å². The summed E-state index contributed by atoms with van der Waals surface area (Å²) in [5, 5.41) is 14.8. The Labute approximate surface area is 190 Å². The minimum Gasteiger partial charge on any atom is -0.455 e. The molecule has 0 saturated carbocycles. The molecule has 2 aromatic heterocycles. The number of carbonyl (C=O) groups excluding carboxylic acids is 1. The summed E-state index contributed by atoms with van der Waals surface area (Å²) in [6.45, 7) is 0.153. The number of benzene rings is 1. The average Bonchev–Trinajstić information content (AvgIpc) is 3.49. The molecule has 1 atom stereocenters. The molecule has 1 aliphatic heterocycles. The van der Waals surface area contributed by atoms with Gasteiger partial charge in [0.2, 0.25) is 10.0 Å². The highest BCUT2D eigenvalue weighted by Gasteiger charge is 2.36. The summed E-state index contributed by atoms with van der Waals surface area (Å²) in [5.41, 5.74) is 1.28. The maximum absolute atomic E-state index is 13.3. The van der Waals surface area contributed by atoms with Gasteiger partial charge in [-0.15, -0.1) is 11.3 Å². The van der Waals surface area contributed by atoms with Crippen LogP contribution >= 0.6 is 11.3 Å². The highest BCUT2D eigenvalue weighted by Crippen LogP contribution is 2.31. The number of aliphatic hydroxyl groups excluding tert-OH is 1. The van der Waals surface area contributed by atoms with E-state index in [9.17, 15) is 18.3 Å². The Hall–Kier alpha value is -2.53. The summed E-state index contributed by atoms with van der Waals surface area (Å²) in [5.74, 6) is -0.172. The molecule has 3 heterocycles. The Morgan fingerprint density at radius 2 is 2.06 bits per heavy atom. The van der Waals surface area contributed by atoms with Gasteiger partial charge in [-0.1, -0.05) is 41.9 Å². The van der Waals surface area contributed by atoms with E-state index in [-0.39, 0.29) is 29.0 Å². The molecule has 4 rings (SSSR count). The van der Waals surface area contributed by atoms with Gasteiger partial charge in [0, 0.05) is 30.8 Å². The first-order valence-corrected chi connectivity index (χ1v) is 12.7. The molecule has 1 N–H and O–H groups in total. The van der Waals surface area contributed by atoms with Gasteiger partial charge in [0.25, 0.3) is 0 Å². The highest BCUT2D eigenvalue weighted by atomic mass is 32.2. The van der Waals surface area contributed by atoms with Crippen LogP contribution in [0.3, 0.4) is 0 Å². The minimum absolute atomic E-state index is 0.0325.